The van der Waals surface area contributed by atoms with Gasteiger partial charge < -0.3 is 14.8 Å². The van der Waals surface area contributed by atoms with Gasteiger partial charge in [-0.25, -0.2) is 9.59 Å². The summed E-state index contributed by atoms with van der Waals surface area (Å²) in [6.07, 6.45) is -0.588. The minimum Gasteiger partial charge on any atom is -0.461 e. The van der Waals surface area contributed by atoms with Gasteiger partial charge in [-0.15, -0.1) is 0 Å². The zero-order valence-corrected chi connectivity index (χ0v) is 17.2. The standard InChI is InChI=1S/C23H29NO4/c1-16(2)27-21(25)20(24-22(26)28-23(3,4)5)15-17-11-13-19(14-12-17)18-9-7-6-8-10-18/h6-14,16,20H,15H2,1-5H3,(H,24,26)/t20-/m1/s1. The SMILES string of the molecule is CC(C)OC(=O)[C@@H](Cc1ccc(-c2ccccc2)cc1)NC(=O)OC(C)(C)C. The maximum atomic E-state index is 12.5. The van der Waals surface area contributed by atoms with E-state index in [2.05, 4.69) is 5.32 Å². The van der Waals surface area contributed by atoms with E-state index < -0.39 is 23.7 Å². The zero-order valence-electron chi connectivity index (χ0n) is 17.2. The van der Waals surface area contributed by atoms with E-state index in [1.807, 2.05) is 54.6 Å². The molecular weight excluding hydrogens is 354 g/mol. The summed E-state index contributed by atoms with van der Waals surface area (Å²) in [7, 11) is 0. The lowest BCUT2D eigenvalue weighted by molar-refractivity contribution is -0.149. The number of hydrogen-bond acceptors (Lipinski definition) is 4. The quantitative estimate of drug-likeness (QED) is 0.732. The van der Waals surface area contributed by atoms with Crippen molar-refractivity contribution < 1.29 is 19.1 Å². The molecule has 28 heavy (non-hydrogen) atoms. The van der Waals surface area contributed by atoms with Crippen LogP contribution in [0.15, 0.2) is 54.6 Å². The molecule has 2 aromatic carbocycles. The molecule has 2 rings (SSSR count). The molecule has 0 aromatic heterocycles. The molecule has 0 radical (unpaired) electrons. The molecular formula is C23H29NO4. The summed E-state index contributed by atoms with van der Waals surface area (Å²) in [5.74, 6) is -0.479. The van der Waals surface area contributed by atoms with Gasteiger partial charge in [-0.05, 0) is 51.3 Å². The molecule has 0 aliphatic rings. The summed E-state index contributed by atoms with van der Waals surface area (Å²) in [6.45, 7) is 8.87. The van der Waals surface area contributed by atoms with Gasteiger partial charge in [0, 0.05) is 6.42 Å². The summed E-state index contributed by atoms with van der Waals surface area (Å²) < 4.78 is 10.6. The number of alkyl carbamates (subject to hydrolysis) is 1. The van der Waals surface area contributed by atoms with Crippen LogP contribution >= 0.6 is 0 Å². The van der Waals surface area contributed by atoms with Crippen LogP contribution in [0.4, 0.5) is 4.79 Å². The predicted molar refractivity (Wildman–Crippen MR) is 110 cm³/mol. The molecule has 5 nitrogen and oxygen atoms in total. The fourth-order valence-corrected chi connectivity index (χ4v) is 2.66. The van der Waals surface area contributed by atoms with Crippen LogP contribution in [0.5, 0.6) is 0 Å². The van der Waals surface area contributed by atoms with Crippen molar-refractivity contribution in [3.05, 3.63) is 60.2 Å². The fraction of sp³-hybridized carbons (Fsp3) is 0.391. The van der Waals surface area contributed by atoms with Crippen LogP contribution in [-0.2, 0) is 20.7 Å². The van der Waals surface area contributed by atoms with Crippen molar-refractivity contribution in [2.45, 2.75) is 58.8 Å². The van der Waals surface area contributed by atoms with Crippen molar-refractivity contribution in [3.63, 3.8) is 0 Å². The molecule has 0 saturated heterocycles. The smallest absolute Gasteiger partial charge is 0.408 e. The normalized spacial score (nSPS) is 12.4. The Labute approximate surface area is 167 Å². The lowest BCUT2D eigenvalue weighted by Gasteiger charge is -2.23. The highest BCUT2D eigenvalue weighted by atomic mass is 16.6. The van der Waals surface area contributed by atoms with Crippen molar-refractivity contribution >= 4 is 12.1 Å². The minimum absolute atomic E-state index is 0.268. The predicted octanol–water partition coefficient (Wildman–Crippen LogP) is 4.74. The topological polar surface area (TPSA) is 64.6 Å². The number of hydrogen-bond donors (Lipinski definition) is 1. The average molecular weight is 383 g/mol. The Kier molecular flexibility index (Phi) is 7.21. The van der Waals surface area contributed by atoms with E-state index in [1.54, 1.807) is 34.6 Å². The Morgan fingerprint density at radius 3 is 2.04 bits per heavy atom. The molecule has 0 fully saturated rings. The van der Waals surface area contributed by atoms with Gasteiger partial charge >= 0.3 is 12.1 Å². The Balaban J connectivity index is 2.12. The number of carbonyl (C=O) groups excluding carboxylic acids is 2. The van der Waals surface area contributed by atoms with Crippen LogP contribution in [-0.4, -0.2) is 29.8 Å². The van der Waals surface area contributed by atoms with Crippen LogP contribution in [0.2, 0.25) is 0 Å². The molecule has 0 bridgehead atoms. The number of nitrogens with one attached hydrogen (secondary N) is 1. The third-order valence-electron chi connectivity index (χ3n) is 3.83. The third kappa shape index (κ3) is 7.06. The van der Waals surface area contributed by atoms with Crippen molar-refractivity contribution in [1.29, 1.82) is 0 Å². The van der Waals surface area contributed by atoms with Gasteiger partial charge in [0.2, 0.25) is 0 Å². The second-order valence-corrected chi connectivity index (χ2v) is 7.95. The largest absolute Gasteiger partial charge is 0.461 e. The maximum absolute atomic E-state index is 12.5. The van der Waals surface area contributed by atoms with E-state index in [-0.39, 0.29) is 6.10 Å². The van der Waals surface area contributed by atoms with Crippen LogP contribution in [0.3, 0.4) is 0 Å². The van der Waals surface area contributed by atoms with Crippen molar-refractivity contribution in [1.82, 2.24) is 5.32 Å². The van der Waals surface area contributed by atoms with Gasteiger partial charge in [0.1, 0.15) is 11.6 Å². The summed E-state index contributed by atoms with van der Waals surface area (Å²) in [6, 6.07) is 17.1. The average Bonchev–Trinajstić information content (AvgIpc) is 2.60. The molecule has 1 N–H and O–H groups in total. The first-order chi connectivity index (χ1) is 13.1. The Morgan fingerprint density at radius 1 is 0.929 bits per heavy atom. The van der Waals surface area contributed by atoms with E-state index in [0.29, 0.717) is 6.42 Å². The molecule has 0 heterocycles. The highest BCUT2D eigenvalue weighted by molar-refractivity contribution is 5.82. The second kappa shape index (κ2) is 9.40. The third-order valence-corrected chi connectivity index (χ3v) is 3.83. The molecule has 5 heteroatoms. The first-order valence-electron chi connectivity index (χ1n) is 9.48. The van der Waals surface area contributed by atoms with Crippen LogP contribution < -0.4 is 5.32 Å². The second-order valence-electron chi connectivity index (χ2n) is 7.95. The number of rotatable bonds is 6. The van der Waals surface area contributed by atoms with E-state index in [0.717, 1.165) is 16.7 Å². The summed E-state index contributed by atoms with van der Waals surface area (Å²) in [5.41, 5.74) is 2.48. The van der Waals surface area contributed by atoms with Gasteiger partial charge in [0.15, 0.2) is 0 Å². The van der Waals surface area contributed by atoms with Crippen molar-refractivity contribution in [3.8, 4) is 11.1 Å². The van der Waals surface area contributed by atoms with Crippen LogP contribution in [0.25, 0.3) is 11.1 Å². The first kappa shape index (κ1) is 21.5. The molecule has 0 aliphatic heterocycles. The van der Waals surface area contributed by atoms with E-state index in [4.69, 9.17) is 9.47 Å². The van der Waals surface area contributed by atoms with Gasteiger partial charge in [-0.2, -0.15) is 0 Å². The van der Waals surface area contributed by atoms with Gasteiger partial charge in [-0.1, -0.05) is 54.6 Å². The van der Waals surface area contributed by atoms with Crippen molar-refractivity contribution in [2.75, 3.05) is 0 Å². The number of esters is 1. The minimum atomic E-state index is -0.820. The highest BCUT2D eigenvalue weighted by Gasteiger charge is 2.26. The number of amides is 1. The van der Waals surface area contributed by atoms with Crippen LogP contribution in [0, 0.1) is 0 Å². The highest BCUT2D eigenvalue weighted by Crippen LogP contribution is 2.20. The number of ether oxygens (including phenoxy) is 2. The fourth-order valence-electron chi connectivity index (χ4n) is 2.66. The lowest BCUT2D eigenvalue weighted by atomic mass is 10.0. The summed E-state index contributed by atoms with van der Waals surface area (Å²) >= 11 is 0. The Morgan fingerprint density at radius 2 is 1.50 bits per heavy atom. The number of benzene rings is 2. The van der Waals surface area contributed by atoms with Gasteiger partial charge in [0.25, 0.3) is 0 Å². The molecule has 0 spiro atoms. The van der Waals surface area contributed by atoms with Gasteiger partial charge in [-0.3, -0.25) is 0 Å². The van der Waals surface area contributed by atoms with E-state index in [1.165, 1.54) is 0 Å². The Hall–Kier alpha value is -2.82. The van der Waals surface area contributed by atoms with Gasteiger partial charge in [0.05, 0.1) is 6.10 Å². The van der Waals surface area contributed by atoms with Crippen molar-refractivity contribution in [2.24, 2.45) is 0 Å². The molecule has 0 saturated carbocycles. The Bertz CT molecular complexity index is 776. The maximum Gasteiger partial charge on any atom is 0.408 e. The van der Waals surface area contributed by atoms with Crippen LogP contribution in [0.1, 0.15) is 40.2 Å². The molecule has 0 unspecified atom stereocenters. The van der Waals surface area contributed by atoms with E-state index in [9.17, 15) is 9.59 Å². The summed E-state index contributed by atoms with van der Waals surface area (Å²) in [4.78, 5) is 24.6. The zero-order chi connectivity index (χ0) is 20.7. The first-order valence-corrected chi connectivity index (χ1v) is 9.48. The molecule has 150 valence electrons. The summed E-state index contributed by atoms with van der Waals surface area (Å²) in [5, 5.41) is 2.64. The van der Waals surface area contributed by atoms with E-state index >= 15 is 0 Å². The molecule has 1 atom stereocenters. The molecule has 2 aromatic rings. The monoisotopic (exact) mass is 383 g/mol. The lowest BCUT2D eigenvalue weighted by Crippen LogP contribution is -2.46. The molecule has 1 amide bonds. The number of carbonyl (C=O) groups is 2. The molecule has 0 aliphatic carbocycles.